The summed E-state index contributed by atoms with van der Waals surface area (Å²) in [5.41, 5.74) is 5.81. The second-order valence-corrected chi connectivity index (χ2v) is 5.18. The van der Waals surface area contributed by atoms with Crippen LogP contribution in [0.1, 0.15) is 12.8 Å². The van der Waals surface area contributed by atoms with E-state index in [0.717, 1.165) is 18.9 Å². The van der Waals surface area contributed by atoms with E-state index in [2.05, 4.69) is 15.9 Å². The number of hydrogen-bond donors (Lipinski definition) is 1. The van der Waals surface area contributed by atoms with Gasteiger partial charge in [0.1, 0.15) is 5.82 Å². The molecule has 0 saturated heterocycles. The highest BCUT2D eigenvalue weighted by molar-refractivity contribution is 9.10. The van der Waals surface area contributed by atoms with Crippen LogP contribution >= 0.6 is 15.9 Å². The van der Waals surface area contributed by atoms with Gasteiger partial charge in [0.15, 0.2) is 12.4 Å². The SMILES string of the molecule is CN(C(=O)COc1c(N)cc(F)cc1Br)C1CC1. The highest BCUT2D eigenvalue weighted by Crippen LogP contribution is 2.32. The molecule has 0 unspecified atom stereocenters. The van der Waals surface area contributed by atoms with Crippen LogP contribution in [0.3, 0.4) is 0 Å². The third-order valence-corrected chi connectivity index (χ3v) is 3.45. The Morgan fingerprint density at radius 2 is 2.28 bits per heavy atom. The standard InChI is InChI=1S/C12H14BrFN2O2/c1-16(8-2-3-8)11(17)6-18-12-9(13)4-7(14)5-10(12)15/h4-5,8H,2-3,6,15H2,1H3. The van der Waals surface area contributed by atoms with Gasteiger partial charge in [-0.25, -0.2) is 4.39 Å². The van der Waals surface area contributed by atoms with Gasteiger partial charge in [-0.1, -0.05) is 0 Å². The van der Waals surface area contributed by atoms with E-state index in [1.165, 1.54) is 6.07 Å². The molecule has 1 amide bonds. The summed E-state index contributed by atoms with van der Waals surface area (Å²) in [6, 6.07) is 2.76. The molecule has 4 nitrogen and oxygen atoms in total. The first kappa shape index (κ1) is 13.1. The van der Waals surface area contributed by atoms with E-state index >= 15 is 0 Å². The van der Waals surface area contributed by atoms with Gasteiger partial charge in [0.2, 0.25) is 0 Å². The van der Waals surface area contributed by atoms with E-state index in [0.29, 0.717) is 16.3 Å². The third kappa shape index (κ3) is 2.93. The summed E-state index contributed by atoms with van der Waals surface area (Å²) in [4.78, 5) is 13.4. The van der Waals surface area contributed by atoms with Gasteiger partial charge in [-0.3, -0.25) is 4.79 Å². The van der Waals surface area contributed by atoms with Crippen molar-refractivity contribution in [2.24, 2.45) is 0 Å². The maximum atomic E-state index is 13.0. The number of halogens is 2. The second-order valence-electron chi connectivity index (χ2n) is 4.33. The zero-order chi connectivity index (χ0) is 13.3. The number of likely N-dealkylation sites (N-methyl/N-ethyl adjacent to an activating group) is 1. The number of hydrogen-bond acceptors (Lipinski definition) is 3. The molecule has 0 heterocycles. The summed E-state index contributed by atoms with van der Waals surface area (Å²) < 4.78 is 18.8. The molecule has 0 spiro atoms. The van der Waals surface area contributed by atoms with Crippen LogP contribution < -0.4 is 10.5 Å². The fourth-order valence-electron chi connectivity index (χ4n) is 1.63. The van der Waals surface area contributed by atoms with Crippen molar-refractivity contribution in [1.29, 1.82) is 0 Å². The zero-order valence-corrected chi connectivity index (χ0v) is 11.5. The fraction of sp³-hybridized carbons (Fsp3) is 0.417. The van der Waals surface area contributed by atoms with Crippen LogP contribution in [-0.4, -0.2) is 30.5 Å². The normalized spacial score (nSPS) is 14.4. The van der Waals surface area contributed by atoms with Gasteiger partial charge in [0.05, 0.1) is 10.2 Å². The smallest absolute Gasteiger partial charge is 0.260 e. The Kier molecular flexibility index (Phi) is 3.75. The first-order chi connectivity index (χ1) is 8.49. The number of nitrogens with zero attached hydrogens (tertiary/aromatic N) is 1. The Morgan fingerprint density at radius 1 is 1.61 bits per heavy atom. The lowest BCUT2D eigenvalue weighted by molar-refractivity contribution is -0.132. The van der Waals surface area contributed by atoms with Gasteiger partial charge in [-0.05, 0) is 34.8 Å². The van der Waals surface area contributed by atoms with E-state index < -0.39 is 5.82 Å². The van der Waals surface area contributed by atoms with E-state index in [-0.39, 0.29) is 18.2 Å². The van der Waals surface area contributed by atoms with Crippen LogP contribution in [-0.2, 0) is 4.79 Å². The largest absolute Gasteiger partial charge is 0.480 e. The number of carbonyl (C=O) groups is 1. The Balaban J connectivity index is 1.99. The van der Waals surface area contributed by atoms with Gasteiger partial charge in [-0.15, -0.1) is 0 Å². The van der Waals surface area contributed by atoms with Gasteiger partial charge in [-0.2, -0.15) is 0 Å². The quantitative estimate of drug-likeness (QED) is 0.866. The van der Waals surface area contributed by atoms with Crippen LogP contribution in [0.15, 0.2) is 16.6 Å². The highest BCUT2D eigenvalue weighted by Gasteiger charge is 2.29. The molecular weight excluding hydrogens is 303 g/mol. The lowest BCUT2D eigenvalue weighted by Gasteiger charge is -2.17. The Morgan fingerprint density at radius 3 is 2.83 bits per heavy atom. The molecule has 0 radical (unpaired) electrons. The van der Waals surface area contributed by atoms with Crippen molar-refractivity contribution in [3.05, 3.63) is 22.4 Å². The van der Waals surface area contributed by atoms with E-state index in [1.54, 1.807) is 11.9 Å². The van der Waals surface area contributed by atoms with Crippen molar-refractivity contribution in [3.63, 3.8) is 0 Å². The summed E-state index contributed by atoms with van der Waals surface area (Å²) in [5, 5.41) is 0. The highest BCUT2D eigenvalue weighted by atomic mass is 79.9. The van der Waals surface area contributed by atoms with Crippen molar-refractivity contribution in [2.75, 3.05) is 19.4 Å². The number of nitrogen functional groups attached to an aromatic ring is 1. The molecule has 0 aliphatic heterocycles. The summed E-state index contributed by atoms with van der Waals surface area (Å²) in [5.74, 6) is -0.254. The molecular formula is C12H14BrFN2O2. The number of nitrogens with two attached hydrogens (primary N) is 1. The third-order valence-electron chi connectivity index (χ3n) is 2.87. The summed E-state index contributed by atoms with van der Waals surface area (Å²) in [7, 11) is 1.76. The Labute approximate surface area is 113 Å². The molecule has 0 bridgehead atoms. The van der Waals surface area contributed by atoms with Crippen molar-refractivity contribution < 1.29 is 13.9 Å². The number of carbonyl (C=O) groups excluding carboxylic acids is 1. The molecule has 6 heteroatoms. The molecule has 0 aromatic heterocycles. The predicted octanol–water partition coefficient (Wildman–Crippen LogP) is 2.17. The molecule has 98 valence electrons. The number of amides is 1. The summed E-state index contributed by atoms with van der Waals surface area (Å²) in [6.45, 7) is -0.0958. The topological polar surface area (TPSA) is 55.6 Å². The van der Waals surface area contributed by atoms with Crippen molar-refractivity contribution >= 4 is 27.5 Å². The molecule has 2 rings (SSSR count). The lowest BCUT2D eigenvalue weighted by Crippen LogP contribution is -2.33. The van der Waals surface area contributed by atoms with Crippen molar-refractivity contribution in [1.82, 2.24) is 4.90 Å². The van der Waals surface area contributed by atoms with Crippen LogP contribution in [0.25, 0.3) is 0 Å². The monoisotopic (exact) mass is 316 g/mol. The van der Waals surface area contributed by atoms with Crippen LogP contribution in [0.2, 0.25) is 0 Å². The minimum atomic E-state index is -0.451. The predicted molar refractivity (Wildman–Crippen MR) is 69.8 cm³/mol. The van der Waals surface area contributed by atoms with Crippen molar-refractivity contribution in [3.8, 4) is 5.75 Å². The maximum absolute atomic E-state index is 13.0. The number of anilines is 1. The van der Waals surface area contributed by atoms with Crippen LogP contribution in [0.5, 0.6) is 5.75 Å². The average Bonchev–Trinajstić information content (AvgIpc) is 3.09. The first-order valence-corrected chi connectivity index (χ1v) is 6.41. The first-order valence-electron chi connectivity index (χ1n) is 5.62. The maximum Gasteiger partial charge on any atom is 0.260 e. The van der Waals surface area contributed by atoms with E-state index in [1.807, 2.05) is 0 Å². The Bertz CT molecular complexity index is 454. The molecule has 1 aliphatic carbocycles. The minimum Gasteiger partial charge on any atom is -0.480 e. The number of rotatable bonds is 4. The van der Waals surface area contributed by atoms with Crippen LogP contribution in [0, 0.1) is 5.82 Å². The lowest BCUT2D eigenvalue weighted by atomic mass is 10.3. The number of benzene rings is 1. The second kappa shape index (κ2) is 5.14. The van der Waals surface area contributed by atoms with Crippen LogP contribution in [0.4, 0.5) is 10.1 Å². The Hall–Kier alpha value is -1.30. The molecule has 2 N–H and O–H groups in total. The summed E-state index contributed by atoms with van der Waals surface area (Å²) >= 11 is 3.16. The molecule has 1 fully saturated rings. The summed E-state index contributed by atoms with van der Waals surface area (Å²) in [6.07, 6.45) is 2.09. The van der Waals surface area contributed by atoms with Gasteiger partial charge in [0.25, 0.3) is 5.91 Å². The molecule has 1 aliphatic rings. The minimum absolute atomic E-state index is 0.0958. The average molecular weight is 317 g/mol. The molecule has 1 saturated carbocycles. The fourth-order valence-corrected chi connectivity index (χ4v) is 2.20. The van der Waals surface area contributed by atoms with Gasteiger partial charge >= 0.3 is 0 Å². The zero-order valence-electron chi connectivity index (χ0n) is 9.95. The molecule has 0 atom stereocenters. The van der Waals surface area contributed by atoms with Crippen molar-refractivity contribution in [2.45, 2.75) is 18.9 Å². The molecule has 1 aromatic carbocycles. The van der Waals surface area contributed by atoms with Gasteiger partial charge in [0, 0.05) is 19.2 Å². The van der Waals surface area contributed by atoms with E-state index in [9.17, 15) is 9.18 Å². The molecule has 1 aromatic rings. The molecule has 18 heavy (non-hydrogen) atoms. The number of ether oxygens (including phenoxy) is 1. The van der Waals surface area contributed by atoms with Gasteiger partial charge < -0.3 is 15.4 Å². The van der Waals surface area contributed by atoms with E-state index in [4.69, 9.17) is 10.5 Å².